The number of hydrogen-bond donors (Lipinski definition) is 0. The van der Waals surface area contributed by atoms with Crippen LogP contribution < -0.4 is 4.74 Å². The average Bonchev–Trinajstić information content (AvgIpc) is 2.95. The Kier molecular flexibility index (Phi) is 6.80. The highest BCUT2D eigenvalue weighted by molar-refractivity contribution is 5.63. The third kappa shape index (κ3) is 5.88. The van der Waals surface area contributed by atoms with Gasteiger partial charge in [-0.1, -0.05) is 44.2 Å². The van der Waals surface area contributed by atoms with Gasteiger partial charge in [-0.25, -0.2) is 5.06 Å². The Morgan fingerprint density at radius 2 is 1.92 bits per heavy atom. The molecule has 2 rings (SSSR count). The third-order valence-corrected chi connectivity index (χ3v) is 3.46. The topological polar surface area (TPSA) is 64.8 Å². The molecule has 0 aliphatic carbocycles. The fourth-order valence-corrected chi connectivity index (χ4v) is 2.52. The van der Waals surface area contributed by atoms with Crippen molar-refractivity contribution >= 4 is 6.41 Å². The molecule has 6 heteroatoms. The quantitative estimate of drug-likeness (QED) is 0.497. The summed E-state index contributed by atoms with van der Waals surface area (Å²) < 4.78 is 11.4. The Balaban J connectivity index is 2.09. The number of ether oxygens (including phenoxy) is 1. The van der Waals surface area contributed by atoms with Gasteiger partial charge < -0.3 is 9.26 Å². The summed E-state index contributed by atoms with van der Waals surface area (Å²) in [7, 11) is 0. The van der Waals surface area contributed by atoms with Crippen molar-refractivity contribution < 1.29 is 18.9 Å². The maximum atomic E-state index is 11.1. The summed E-state index contributed by atoms with van der Waals surface area (Å²) in [4.78, 5) is 16.7. The molecule has 0 saturated carbocycles. The summed E-state index contributed by atoms with van der Waals surface area (Å²) in [5.74, 6) is 1.63. The molecule has 0 aliphatic rings. The van der Waals surface area contributed by atoms with Crippen LogP contribution in [-0.2, 0) is 16.1 Å². The van der Waals surface area contributed by atoms with E-state index in [2.05, 4.69) is 19.0 Å². The van der Waals surface area contributed by atoms with E-state index in [9.17, 15) is 4.79 Å². The Morgan fingerprint density at radius 1 is 1.23 bits per heavy atom. The van der Waals surface area contributed by atoms with Crippen molar-refractivity contribution in [2.75, 3.05) is 13.2 Å². The maximum Gasteiger partial charge on any atom is 0.258 e. The van der Waals surface area contributed by atoms with E-state index in [1.54, 1.807) is 0 Å². The minimum Gasteiger partial charge on any atom is -0.473 e. The lowest BCUT2D eigenvalue weighted by Crippen LogP contribution is -2.35. The number of carbonyl (C=O) groups is 1. The fraction of sp³-hybridized carbons (Fsp3) is 0.500. The molecule has 2 aromatic rings. The molecule has 1 amide bonds. The first-order valence-electron chi connectivity index (χ1n) is 8.88. The molecule has 0 atom stereocenters. The van der Waals surface area contributed by atoms with E-state index in [0.29, 0.717) is 24.8 Å². The lowest BCUT2D eigenvalue weighted by Gasteiger charge is -2.26. The Morgan fingerprint density at radius 3 is 2.50 bits per heavy atom. The number of benzene rings is 1. The minimum absolute atomic E-state index is 0.265. The molecule has 0 bridgehead atoms. The molecule has 0 fully saturated rings. The van der Waals surface area contributed by atoms with Gasteiger partial charge in [-0.05, 0) is 38.3 Å². The van der Waals surface area contributed by atoms with E-state index < -0.39 is 5.60 Å². The van der Waals surface area contributed by atoms with Crippen LogP contribution in [0.1, 0.15) is 40.2 Å². The summed E-state index contributed by atoms with van der Waals surface area (Å²) in [5.41, 5.74) is 1.47. The van der Waals surface area contributed by atoms with E-state index in [-0.39, 0.29) is 6.61 Å². The molecule has 26 heavy (non-hydrogen) atoms. The van der Waals surface area contributed by atoms with Gasteiger partial charge in [0.15, 0.2) is 5.76 Å². The summed E-state index contributed by atoms with van der Waals surface area (Å²) in [6.07, 6.45) is 1.45. The normalized spacial score (nSPS) is 11.6. The number of hydrogen-bond acceptors (Lipinski definition) is 5. The molecule has 1 heterocycles. The van der Waals surface area contributed by atoms with Gasteiger partial charge in [0, 0.05) is 5.56 Å². The van der Waals surface area contributed by atoms with Gasteiger partial charge in [0.2, 0.25) is 6.41 Å². The first kappa shape index (κ1) is 20.0. The second-order valence-electron chi connectivity index (χ2n) is 7.56. The second kappa shape index (κ2) is 8.85. The molecular formula is C20H28N2O4. The van der Waals surface area contributed by atoms with Crippen LogP contribution in [0, 0.1) is 5.92 Å². The monoisotopic (exact) mass is 360 g/mol. The largest absolute Gasteiger partial charge is 0.473 e. The summed E-state index contributed by atoms with van der Waals surface area (Å²) in [5, 5.41) is 5.33. The van der Waals surface area contributed by atoms with Gasteiger partial charge in [0.05, 0.1) is 17.7 Å². The molecule has 1 aromatic carbocycles. The van der Waals surface area contributed by atoms with Crippen molar-refractivity contribution in [1.82, 2.24) is 10.2 Å². The van der Waals surface area contributed by atoms with Crippen LogP contribution in [-0.4, -0.2) is 35.4 Å². The molecule has 142 valence electrons. The van der Waals surface area contributed by atoms with Crippen molar-refractivity contribution in [3.8, 4) is 17.2 Å². The zero-order chi connectivity index (χ0) is 19.2. The fourth-order valence-electron chi connectivity index (χ4n) is 2.52. The lowest BCUT2D eigenvalue weighted by molar-refractivity contribution is -0.217. The smallest absolute Gasteiger partial charge is 0.258 e. The third-order valence-electron chi connectivity index (χ3n) is 3.46. The highest BCUT2D eigenvalue weighted by Crippen LogP contribution is 2.32. The molecule has 0 radical (unpaired) electrons. The van der Waals surface area contributed by atoms with Crippen LogP contribution in [0.3, 0.4) is 0 Å². The van der Waals surface area contributed by atoms with E-state index in [1.807, 2.05) is 51.1 Å². The highest BCUT2D eigenvalue weighted by atomic mass is 16.7. The highest BCUT2D eigenvalue weighted by Gasteiger charge is 2.21. The van der Waals surface area contributed by atoms with Gasteiger partial charge in [-0.3, -0.25) is 9.63 Å². The van der Waals surface area contributed by atoms with Crippen LogP contribution in [0.2, 0.25) is 0 Å². The number of aromatic nitrogens is 1. The summed E-state index contributed by atoms with van der Waals surface area (Å²) in [6, 6.07) is 9.86. The molecule has 1 aromatic heterocycles. The van der Waals surface area contributed by atoms with Crippen LogP contribution >= 0.6 is 0 Å². The molecular weight excluding hydrogens is 332 g/mol. The van der Waals surface area contributed by atoms with Crippen molar-refractivity contribution in [2.45, 2.75) is 46.6 Å². The number of rotatable bonds is 9. The number of amides is 1. The molecule has 0 N–H and O–H groups in total. The number of nitrogens with zero attached hydrogens (tertiary/aromatic N) is 2. The second-order valence-corrected chi connectivity index (χ2v) is 7.56. The summed E-state index contributed by atoms with van der Waals surface area (Å²) in [6.45, 7) is 10.5. The minimum atomic E-state index is -0.446. The maximum absolute atomic E-state index is 11.1. The van der Waals surface area contributed by atoms with Gasteiger partial charge in [-0.15, -0.1) is 0 Å². The predicted octanol–water partition coefficient (Wildman–Crippen LogP) is 4.11. The standard InChI is InChI=1S/C20H28N2O4/c1-15(2)13-17-18(16-9-7-6-8-10-16)25-21-19(17)24-12-11-22(14-23)26-20(3,4)5/h6-10,14-15H,11-13H2,1-5H3. The van der Waals surface area contributed by atoms with Crippen LogP contribution in [0.15, 0.2) is 34.9 Å². The zero-order valence-corrected chi connectivity index (χ0v) is 16.2. The van der Waals surface area contributed by atoms with Crippen molar-refractivity contribution in [2.24, 2.45) is 5.92 Å². The van der Waals surface area contributed by atoms with E-state index in [1.165, 1.54) is 5.06 Å². The Hall–Kier alpha value is -2.34. The van der Waals surface area contributed by atoms with Crippen LogP contribution in [0.4, 0.5) is 0 Å². The summed E-state index contributed by atoms with van der Waals surface area (Å²) >= 11 is 0. The molecule has 0 unspecified atom stereocenters. The van der Waals surface area contributed by atoms with E-state index >= 15 is 0 Å². The molecule has 0 aliphatic heterocycles. The van der Waals surface area contributed by atoms with Crippen LogP contribution in [0.5, 0.6) is 5.88 Å². The van der Waals surface area contributed by atoms with Crippen molar-refractivity contribution in [3.63, 3.8) is 0 Å². The predicted molar refractivity (Wildman–Crippen MR) is 99.6 cm³/mol. The SMILES string of the molecule is CC(C)Cc1c(OCCN(C=O)OC(C)(C)C)noc1-c1ccccc1. The molecule has 6 nitrogen and oxygen atoms in total. The molecule has 0 saturated heterocycles. The van der Waals surface area contributed by atoms with Gasteiger partial charge in [-0.2, -0.15) is 0 Å². The Bertz CT molecular complexity index is 690. The number of hydroxylamine groups is 2. The van der Waals surface area contributed by atoms with Gasteiger partial charge >= 0.3 is 0 Å². The van der Waals surface area contributed by atoms with Gasteiger partial charge in [0.25, 0.3) is 5.88 Å². The zero-order valence-electron chi connectivity index (χ0n) is 16.2. The van der Waals surface area contributed by atoms with Crippen LogP contribution in [0.25, 0.3) is 11.3 Å². The number of carbonyl (C=O) groups excluding carboxylic acids is 1. The van der Waals surface area contributed by atoms with E-state index in [0.717, 1.165) is 23.3 Å². The Labute approximate surface area is 155 Å². The van der Waals surface area contributed by atoms with E-state index in [4.69, 9.17) is 14.1 Å². The first-order valence-corrected chi connectivity index (χ1v) is 8.88. The first-order chi connectivity index (χ1) is 12.3. The van der Waals surface area contributed by atoms with Gasteiger partial charge in [0.1, 0.15) is 6.61 Å². The average molecular weight is 360 g/mol. The lowest BCUT2D eigenvalue weighted by atomic mass is 10.0. The van der Waals surface area contributed by atoms with Crippen molar-refractivity contribution in [1.29, 1.82) is 0 Å². The molecule has 0 spiro atoms. The van der Waals surface area contributed by atoms with Crippen molar-refractivity contribution in [3.05, 3.63) is 35.9 Å².